The van der Waals surface area contributed by atoms with Crippen LogP contribution in [0.25, 0.3) is 0 Å². The molecule has 0 aromatic heterocycles. The van der Waals surface area contributed by atoms with Gasteiger partial charge in [0.25, 0.3) is 5.69 Å². The third-order valence-electron chi connectivity index (χ3n) is 3.28. The molecule has 6 nitrogen and oxygen atoms in total. The van der Waals surface area contributed by atoms with Crippen molar-refractivity contribution in [3.05, 3.63) is 33.9 Å². The van der Waals surface area contributed by atoms with E-state index in [1.807, 2.05) is 0 Å². The Bertz CT molecular complexity index is 574. The number of non-ortho nitro benzene ring substituents is 1. The second kappa shape index (κ2) is 4.83. The van der Waals surface area contributed by atoms with Gasteiger partial charge in [0.2, 0.25) is 0 Å². The number of fused-ring (bicyclic) bond motifs is 1. The lowest BCUT2D eigenvalue weighted by atomic mass is 10.2. The Balaban J connectivity index is 1.88. The molecule has 0 bridgehead atoms. The van der Waals surface area contributed by atoms with Crippen LogP contribution in [-0.2, 0) is 22.9 Å². The quantitative estimate of drug-likeness (QED) is 0.475. The molecule has 1 atom stereocenters. The Hall–Kier alpha value is -1.01. The second-order valence-corrected chi connectivity index (χ2v) is 7.87. The smallest absolute Gasteiger partial charge is 0.315 e. The van der Waals surface area contributed by atoms with E-state index in [1.165, 1.54) is 12.1 Å². The minimum Gasteiger partial charge on any atom is -0.432 e. The Morgan fingerprint density at radius 3 is 2.79 bits per heavy atom. The fraction of sp³-hybridized carbons (Fsp3) is 0.455. The van der Waals surface area contributed by atoms with Crippen molar-refractivity contribution >= 4 is 24.1 Å². The summed E-state index contributed by atoms with van der Waals surface area (Å²) in [5, 5.41) is 10.7. The highest BCUT2D eigenvalue weighted by Crippen LogP contribution is 2.57. The predicted molar refractivity (Wildman–Crippen MR) is 73.6 cm³/mol. The summed E-state index contributed by atoms with van der Waals surface area (Å²) < 4.78 is 13.7. The zero-order valence-corrected chi connectivity index (χ0v) is 11.9. The molecule has 0 saturated carbocycles. The molecule has 1 aromatic rings. The Kier molecular flexibility index (Phi) is 3.30. The molecule has 0 spiro atoms. The first-order valence-electron chi connectivity index (χ1n) is 6.05. The van der Waals surface area contributed by atoms with Crippen molar-refractivity contribution in [2.24, 2.45) is 0 Å². The molecule has 1 fully saturated rings. The molecule has 2 aliphatic rings. The first-order chi connectivity index (χ1) is 9.08. The Morgan fingerprint density at radius 2 is 2.11 bits per heavy atom. The fourth-order valence-corrected chi connectivity index (χ4v) is 4.99. The number of nitro groups is 1. The summed E-state index contributed by atoms with van der Waals surface area (Å²) in [7, 11) is 0. The third-order valence-corrected chi connectivity index (χ3v) is 6.49. The predicted octanol–water partition coefficient (Wildman–Crippen LogP) is 2.82. The Labute approximate surface area is 115 Å². The van der Waals surface area contributed by atoms with Crippen molar-refractivity contribution < 1.29 is 14.0 Å². The molecule has 0 unspecified atom stereocenters. The summed E-state index contributed by atoms with van der Waals surface area (Å²) in [6.07, 6.45) is 2.22. The molecule has 0 amide bonds. The van der Waals surface area contributed by atoms with Crippen molar-refractivity contribution in [2.75, 3.05) is 13.1 Å². The van der Waals surface area contributed by atoms with E-state index >= 15 is 0 Å². The maximum Gasteiger partial charge on any atom is 0.315 e. The highest BCUT2D eigenvalue weighted by Gasteiger charge is 2.36. The largest absolute Gasteiger partial charge is 0.432 e. The molecule has 19 heavy (non-hydrogen) atoms. The molecule has 2 aliphatic heterocycles. The van der Waals surface area contributed by atoms with Crippen molar-refractivity contribution in [3.8, 4) is 5.75 Å². The lowest BCUT2D eigenvalue weighted by Crippen LogP contribution is -2.23. The number of hydrogen-bond donors (Lipinski definition) is 0. The summed E-state index contributed by atoms with van der Waals surface area (Å²) in [5.74, 6) is 0.618. The zero-order chi connectivity index (χ0) is 13.5. The molecule has 3 rings (SSSR count). The van der Waals surface area contributed by atoms with Gasteiger partial charge < -0.3 is 9.05 Å². The van der Waals surface area contributed by atoms with E-state index in [4.69, 9.17) is 20.9 Å². The van der Waals surface area contributed by atoms with Gasteiger partial charge in [-0.1, -0.05) is 0 Å². The molecule has 8 heteroatoms. The average molecular weight is 300 g/mol. The van der Waals surface area contributed by atoms with Gasteiger partial charge >= 0.3 is 6.64 Å². The first-order valence-corrected chi connectivity index (χ1v) is 8.64. The van der Waals surface area contributed by atoms with E-state index in [9.17, 15) is 10.1 Å². The van der Waals surface area contributed by atoms with Crippen LogP contribution >= 0.6 is 6.64 Å². The number of nitro benzene ring substituents is 1. The minimum absolute atomic E-state index is 0.0438. The first kappa shape index (κ1) is 13.0. The number of nitrogens with zero attached hydrogens (tertiary/aromatic N) is 2. The van der Waals surface area contributed by atoms with Crippen LogP contribution in [0.5, 0.6) is 5.75 Å². The standard InChI is InChI=1S/C11H13N2O4PS/c14-13(15)10-3-4-11-9(7-10)8-16-18(19,17-11)12-5-1-2-6-12/h3-4,7H,1-2,5-6,8H2/t18-/m1/s1. The lowest BCUT2D eigenvalue weighted by Gasteiger charge is -2.34. The summed E-state index contributed by atoms with van der Waals surface area (Å²) in [5.41, 5.74) is 0.733. The third kappa shape index (κ3) is 2.39. The van der Waals surface area contributed by atoms with Crippen molar-refractivity contribution in [2.45, 2.75) is 19.4 Å². The van der Waals surface area contributed by atoms with Gasteiger partial charge in [-0.15, -0.1) is 0 Å². The topological polar surface area (TPSA) is 64.8 Å². The van der Waals surface area contributed by atoms with Crippen LogP contribution in [0, 0.1) is 10.1 Å². The van der Waals surface area contributed by atoms with Gasteiger partial charge in [0, 0.05) is 30.8 Å². The van der Waals surface area contributed by atoms with E-state index in [0.717, 1.165) is 25.9 Å². The highest BCUT2D eigenvalue weighted by atomic mass is 32.5. The summed E-state index contributed by atoms with van der Waals surface area (Å²) >= 11 is 5.53. The number of rotatable bonds is 2. The highest BCUT2D eigenvalue weighted by molar-refractivity contribution is 8.08. The maximum absolute atomic E-state index is 10.7. The van der Waals surface area contributed by atoms with Gasteiger partial charge in [-0.2, -0.15) is 0 Å². The van der Waals surface area contributed by atoms with Crippen molar-refractivity contribution in [1.82, 2.24) is 4.67 Å². The summed E-state index contributed by atoms with van der Waals surface area (Å²) in [4.78, 5) is 10.3. The SMILES string of the molecule is O=[N+]([O-])c1ccc2c(c1)CO[P@](=S)(N1CCCC1)O2. The minimum atomic E-state index is -2.44. The van der Waals surface area contributed by atoms with Crippen LogP contribution < -0.4 is 4.52 Å². The van der Waals surface area contributed by atoms with Crippen LogP contribution in [0.1, 0.15) is 18.4 Å². The molecule has 2 heterocycles. The molecular formula is C11H13N2O4PS. The summed E-state index contributed by atoms with van der Waals surface area (Å²) in [6.45, 7) is -0.348. The van der Waals surface area contributed by atoms with Gasteiger partial charge in [0.05, 0.1) is 11.5 Å². The molecular weight excluding hydrogens is 287 g/mol. The van der Waals surface area contributed by atoms with Gasteiger partial charge in [0.15, 0.2) is 0 Å². The van der Waals surface area contributed by atoms with Crippen molar-refractivity contribution in [3.63, 3.8) is 0 Å². The van der Waals surface area contributed by atoms with Gasteiger partial charge in [-0.25, -0.2) is 4.67 Å². The van der Waals surface area contributed by atoms with E-state index in [0.29, 0.717) is 11.3 Å². The van der Waals surface area contributed by atoms with E-state index in [1.54, 1.807) is 6.07 Å². The molecule has 102 valence electrons. The molecule has 0 N–H and O–H groups in total. The normalized spacial score (nSPS) is 26.7. The van der Waals surface area contributed by atoms with Gasteiger partial charge in [-0.05, 0) is 30.7 Å². The average Bonchev–Trinajstić information content (AvgIpc) is 2.92. The van der Waals surface area contributed by atoms with Crippen LogP contribution in [0.2, 0.25) is 0 Å². The van der Waals surface area contributed by atoms with Gasteiger partial charge in [0.1, 0.15) is 5.75 Å². The molecule has 1 saturated heterocycles. The van der Waals surface area contributed by atoms with E-state index < -0.39 is 11.6 Å². The van der Waals surface area contributed by atoms with Crippen LogP contribution in [0.4, 0.5) is 5.69 Å². The van der Waals surface area contributed by atoms with Crippen LogP contribution in [0.15, 0.2) is 18.2 Å². The molecule has 1 aromatic carbocycles. The van der Waals surface area contributed by atoms with Crippen LogP contribution in [0.3, 0.4) is 0 Å². The number of benzene rings is 1. The lowest BCUT2D eigenvalue weighted by molar-refractivity contribution is -0.385. The molecule has 0 radical (unpaired) electrons. The fourth-order valence-electron chi connectivity index (χ4n) is 2.27. The maximum atomic E-state index is 10.7. The second-order valence-electron chi connectivity index (χ2n) is 4.54. The van der Waals surface area contributed by atoms with Gasteiger partial charge in [-0.3, -0.25) is 10.1 Å². The van der Waals surface area contributed by atoms with Crippen LogP contribution in [-0.4, -0.2) is 22.7 Å². The Morgan fingerprint density at radius 1 is 1.37 bits per heavy atom. The zero-order valence-electron chi connectivity index (χ0n) is 10.2. The number of hydrogen-bond acceptors (Lipinski definition) is 5. The van der Waals surface area contributed by atoms with Crippen molar-refractivity contribution in [1.29, 1.82) is 0 Å². The van der Waals surface area contributed by atoms with E-state index in [-0.39, 0.29) is 12.3 Å². The monoisotopic (exact) mass is 300 g/mol. The molecule has 0 aliphatic carbocycles. The summed E-state index contributed by atoms with van der Waals surface area (Å²) in [6, 6.07) is 4.54. The van der Waals surface area contributed by atoms with E-state index in [2.05, 4.69) is 4.67 Å².